The summed E-state index contributed by atoms with van der Waals surface area (Å²) in [7, 11) is 3.23. The van der Waals surface area contributed by atoms with Crippen LogP contribution in [-0.4, -0.2) is 25.1 Å². The van der Waals surface area contributed by atoms with Crippen molar-refractivity contribution in [1.29, 1.82) is 0 Å². The predicted molar refractivity (Wildman–Crippen MR) is 111 cm³/mol. The third-order valence-corrected chi connectivity index (χ3v) is 4.71. The van der Waals surface area contributed by atoms with E-state index < -0.39 is 0 Å². The van der Waals surface area contributed by atoms with Crippen molar-refractivity contribution >= 4 is 39.2 Å². The molecule has 1 amide bonds. The van der Waals surface area contributed by atoms with Gasteiger partial charge in [-0.25, -0.2) is 4.98 Å². The van der Waals surface area contributed by atoms with Crippen molar-refractivity contribution in [3.05, 3.63) is 65.2 Å². The lowest BCUT2D eigenvalue weighted by atomic mass is 10.1. The molecule has 1 aromatic heterocycles. The van der Waals surface area contributed by atoms with Gasteiger partial charge in [0.15, 0.2) is 0 Å². The molecule has 0 atom stereocenters. The summed E-state index contributed by atoms with van der Waals surface area (Å²) in [5, 5.41) is 2.87. The van der Waals surface area contributed by atoms with Crippen LogP contribution >= 0.6 is 11.3 Å². The Labute approximate surface area is 162 Å². The van der Waals surface area contributed by atoms with Crippen LogP contribution in [0.2, 0.25) is 0 Å². The van der Waals surface area contributed by atoms with Gasteiger partial charge in [0.05, 0.1) is 29.9 Å². The minimum absolute atomic E-state index is 0.187. The average molecular weight is 380 g/mol. The molecule has 0 aliphatic rings. The number of carbonyl (C=O) groups is 1. The summed E-state index contributed by atoms with van der Waals surface area (Å²) < 4.78 is 11.6. The van der Waals surface area contributed by atoms with Crippen LogP contribution in [0.25, 0.3) is 16.3 Å². The van der Waals surface area contributed by atoms with Gasteiger partial charge in [-0.15, -0.1) is 11.3 Å². The number of carbonyl (C=O) groups excluding carboxylic acids is 1. The number of nitrogens with zero attached hydrogens (tertiary/aromatic N) is 1. The lowest BCUT2D eigenvalue weighted by molar-refractivity contribution is -0.111. The minimum atomic E-state index is -0.187. The number of ether oxygens (including phenoxy) is 2. The second-order valence-corrected chi connectivity index (χ2v) is 6.74. The Morgan fingerprint density at radius 3 is 2.74 bits per heavy atom. The van der Waals surface area contributed by atoms with Gasteiger partial charge in [0.25, 0.3) is 0 Å². The predicted octanol–water partition coefficient (Wildman–Crippen LogP) is 4.91. The van der Waals surface area contributed by atoms with Gasteiger partial charge in [-0.3, -0.25) is 4.79 Å². The molecule has 3 aromatic rings. The molecule has 27 heavy (non-hydrogen) atoms. The van der Waals surface area contributed by atoms with Crippen LogP contribution in [0.1, 0.15) is 12.5 Å². The summed E-state index contributed by atoms with van der Waals surface area (Å²) in [6.07, 6.45) is 5.23. The fourth-order valence-electron chi connectivity index (χ4n) is 2.55. The van der Waals surface area contributed by atoms with Crippen molar-refractivity contribution in [3.63, 3.8) is 0 Å². The highest BCUT2D eigenvalue weighted by atomic mass is 32.1. The zero-order valence-electron chi connectivity index (χ0n) is 15.4. The Balaban J connectivity index is 1.68. The van der Waals surface area contributed by atoms with E-state index in [2.05, 4.69) is 10.3 Å². The van der Waals surface area contributed by atoms with Crippen LogP contribution in [-0.2, 0) is 4.79 Å². The van der Waals surface area contributed by atoms with Gasteiger partial charge in [0.2, 0.25) is 5.91 Å². The summed E-state index contributed by atoms with van der Waals surface area (Å²) in [5.74, 6) is 1.26. The molecule has 0 saturated heterocycles. The van der Waals surface area contributed by atoms with E-state index >= 15 is 0 Å². The number of hydrogen-bond donors (Lipinski definition) is 1. The van der Waals surface area contributed by atoms with Gasteiger partial charge in [-0.1, -0.05) is 11.6 Å². The van der Waals surface area contributed by atoms with Crippen molar-refractivity contribution in [3.8, 4) is 11.5 Å². The van der Waals surface area contributed by atoms with Crippen LogP contribution in [0.5, 0.6) is 11.5 Å². The highest BCUT2D eigenvalue weighted by Gasteiger charge is 2.04. The van der Waals surface area contributed by atoms with Crippen molar-refractivity contribution in [1.82, 2.24) is 4.98 Å². The first-order valence-corrected chi connectivity index (χ1v) is 9.19. The number of thiazole rings is 1. The van der Waals surface area contributed by atoms with Crippen molar-refractivity contribution in [2.45, 2.75) is 6.92 Å². The largest absolute Gasteiger partial charge is 0.497 e. The fourth-order valence-corrected chi connectivity index (χ4v) is 3.27. The zero-order valence-corrected chi connectivity index (χ0v) is 16.2. The molecule has 2 aromatic carbocycles. The highest BCUT2D eigenvalue weighted by molar-refractivity contribution is 7.16. The average Bonchev–Trinajstić information content (AvgIpc) is 3.14. The number of hydrogen-bond acceptors (Lipinski definition) is 5. The first-order chi connectivity index (χ1) is 13.1. The smallest absolute Gasteiger partial charge is 0.248 e. The van der Waals surface area contributed by atoms with E-state index in [9.17, 15) is 4.79 Å². The van der Waals surface area contributed by atoms with Gasteiger partial charge in [-0.2, -0.15) is 0 Å². The van der Waals surface area contributed by atoms with Crippen LogP contribution in [0.15, 0.2) is 59.6 Å². The van der Waals surface area contributed by atoms with Gasteiger partial charge >= 0.3 is 0 Å². The summed E-state index contributed by atoms with van der Waals surface area (Å²) in [6, 6.07) is 11.3. The van der Waals surface area contributed by atoms with Gasteiger partial charge < -0.3 is 14.8 Å². The first-order valence-electron chi connectivity index (χ1n) is 8.31. The molecule has 1 N–H and O–H groups in total. The topological polar surface area (TPSA) is 60.5 Å². The number of anilines is 1. The van der Waals surface area contributed by atoms with E-state index in [4.69, 9.17) is 9.47 Å². The molecule has 0 bridgehead atoms. The van der Waals surface area contributed by atoms with E-state index in [0.717, 1.165) is 32.8 Å². The fraction of sp³-hybridized carbons (Fsp3) is 0.143. The quantitative estimate of drug-likeness (QED) is 0.487. The second-order valence-electron chi connectivity index (χ2n) is 5.85. The molecule has 0 unspecified atom stereocenters. The standard InChI is InChI=1S/C21H20N2O3S/c1-14(10-15-5-7-17(25-2)12-19(15)26-3)4-9-21(24)23-16-6-8-18-20(11-16)27-13-22-18/h4-13H,1-3H3,(H,23,24)/b9-4+,14-10+. The van der Waals surface area contributed by atoms with Gasteiger partial charge in [0.1, 0.15) is 11.5 Å². The Kier molecular flexibility index (Phi) is 5.88. The highest BCUT2D eigenvalue weighted by Crippen LogP contribution is 2.26. The van der Waals surface area contributed by atoms with Crippen LogP contribution < -0.4 is 14.8 Å². The molecule has 0 aliphatic heterocycles. The van der Waals surface area contributed by atoms with E-state index in [-0.39, 0.29) is 5.91 Å². The third-order valence-electron chi connectivity index (χ3n) is 3.92. The summed E-state index contributed by atoms with van der Waals surface area (Å²) in [4.78, 5) is 16.4. The number of rotatable bonds is 6. The first kappa shape index (κ1) is 18.7. The number of allylic oxidation sites excluding steroid dienone is 2. The summed E-state index contributed by atoms with van der Waals surface area (Å²) in [5.41, 5.74) is 5.31. The maximum Gasteiger partial charge on any atom is 0.248 e. The van der Waals surface area contributed by atoms with E-state index in [1.54, 1.807) is 37.1 Å². The lowest BCUT2D eigenvalue weighted by Gasteiger charge is -2.08. The molecule has 5 nitrogen and oxygen atoms in total. The Morgan fingerprint density at radius 1 is 1.11 bits per heavy atom. The number of fused-ring (bicyclic) bond motifs is 1. The van der Waals surface area contributed by atoms with Crippen LogP contribution in [0, 0.1) is 0 Å². The molecular formula is C21H20N2O3S. The Morgan fingerprint density at radius 2 is 1.96 bits per heavy atom. The van der Waals surface area contributed by atoms with Crippen LogP contribution in [0.3, 0.4) is 0 Å². The molecule has 6 heteroatoms. The van der Waals surface area contributed by atoms with Crippen LogP contribution in [0.4, 0.5) is 5.69 Å². The maximum atomic E-state index is 12.2. The SMILES string of the molecule is COc1ccc(/C=C(C)/C=C/C(=O)Nc2ccc3ncsc3c2)c(OC)c1. The molecule has 3 rings (SSSR count). The van der Waals surface area contributed by atoms with Gasteiger partial charge in [-0.05, 0) is 43.3 Å². The molecule has 0 fully saturated rings. The normalized spacial score (nSPS) is 11.7. The molecule has 138 valence electrons. The molecular weight excluding hydrogens is 360 g/mol. The van der Waals surface area contributed by atoms with Gasteiger partial charge in [0, 0.05) is 23.4 Å². The van der Waals surface area contributed by atoms with E-state index in [0.29, 0.717) is 5.75 Å². The second kappa shape index (κ2) is 8.51. The number of nitrogens with one attached hydrogen (secondary N) is 1. The summed E-state index contributed by atoms with van der Waals surface area (Å²) >= 11 is 1.54. The number of amides is 1. The Hall–Kier alpha value is -3.12. The minimum Gasteiger partial charge on any atom is -0.497 e. The zero-order chi connectivity index (χ0) is 19.2. The van der Waals surface area contributed by atoms with Crippen molar-refractivity contribution < 1.29 is 14.3 Å². The molecule has 0 saturated carbocycles. The third kappa shape index (κ3) is 4.74. The molecule has 0 spiro atoms. The number of benzene rings is 2. The number of methoxy groups -OCH3 is 2. The molecule has 0 aliphatic carbocycles. The lowest BCUT2D eigenvalue weighted by Crippen LogP contribution is -2.07. The van der Waals surface area contributed by atoms with E-state index in [1.807, 2.05) is 49.4 Å². The summed E-state index contributed by atoms with van der Waals surface area (Å²) in [6.45, 7) is 1.93. The maximum absolute atomic E-state index is 12.2. The van der Waals surface area contributed by atoms with E-state index in [1.165, 1.54) is 6.08 Å². The molecule has 1 heterocycles. The monoisotopic (exact) mass is 380 g/mol. The number of aromatic nitrogens is 1. The molecule has 0 radical (unpaired) electrons. The Bertz CT molecular complexity index is 1020. The van der Waals surface area contributed by atoms with Crippen molar-refractivity contribution in [2.75, 3.05) is 19.5 Å². The van der Waals surface area contributed by atoms with Crippen molar-refractivity contribution in [2.24, 2.45) is 0 Å².